The SMILES string of the molecule is CCS(=O)(=O)c1ccc(Cl)cc1Cn1c(=O)[nH]c2c(Br)c(CN3CCCC(NC)C3)c(C(F)(F)F)cc2c1=O. The zero-order valence-electron chi connectivity index (χ0n) is 21.2. The first-order chi connectivity index (χ1) is 18.3. The molecule has 14 heteroatoms. The Bertz CT molecular complexity index is 1640. The molecule has 4 rings (SSSR count). The summed E-state index contributed by atoms with van der Waals surface area (Å²) in [5.74, 6) is -0.235. The fraction of sp³-hybridized carbons (Fsp3) is 0.440. The van der Waals surface area contributed by atoms with Gasteiger partial charge in [-0.05, 0) is 77.8 Å². The number of hydrogen-bond acceptors (Lipinski definition) is 6. The van der Waals surface area contributed by atoms with Gasteiger partial charge in [-0.1, -0.05) is 18.5 Å². The third-order valence-electron chi connectivity index (χ3n) is 6.99. The van der Waals surface area contributed by atoms with Gasteiger partial charge in [-0.15, -0.1) is 0 Å². The van der Waals surface area contributed by atoms with Crippen molar-refractivity contribution in [3.8, 4) is 0 Å². The lowest BCUT2D eigenvalue weighted by atomic mass is 10.0. The third kappa shape index (κ3) is 6.12. The van der Waals surface area contributed by atoms with E-state index in [2.05, 4.69) is 26.2 Å². The lowest BCUT2D eigenvalue weighted by Gasteiger charge is -2.33. The number of rotatable bonds is 7. The van der Waals surface area contributed by atoms with Crippen molar-refractivity contribution in [3.63, 3.8) is 0 Å². The highest BCUT2D eigenvalue weighted by Gasteiger charge is 2.36. The van der Waals surface area contributed by atoms with E-state index in [0.29, 0.717) is 17.7 Å². The number of H-pyrrole nitrogens is 1. The Morgan fingerprint density at radius 3 is 2.56 bits per heavy atom. The number of aromatic nitrogens is 2. The molecule has 0 radical (unpaired) electrons. The van der Waals surface area contributed by atoms with E-state index >= 15 is 0 Å². The van der Waals surface area contributed by atoms with E-state index in [9.17, 15) is 31.2 Å². The Labute approximate surface area is 236 Å². The third-order valence-corrected chi connectivity index (χ3v) is 9.93. The average molecular weight is 652 g/mol. The molecule has 0 aliphatic carbocycles. The minimum Gasteiger partial charge on any atom is -0.316 e. The second-order valence-corrected chi connectivity index (χ2v) is 13.0. The smallest absolute Gasteiger partial charge is 0.316 e. The lowest BCUT2D eigenvalue weighted by Crippen LogP contribution is -2.44. The second kappa shape index (κ2) is 11.4. The number of benzene rings is 2. The number of piperidine rings is 1. The first-order valence-corrected chi connectivity index (χ1v) is 15.0. The summed E-state index contributed by atoms with van der Waals surface area (Å²) in [5.41, 5.74) is -2.93. The van der Waals surface area contributed by atoms with Crippen LogP contribution in [0.25, 0.3) is 10.9 Å². The first-order valence-electron chi connectivity index (χ1n) is 12.2. The van der Waals surface area contributed by atoms with E-state index in [1.807, 2.05) is 4.90 Å². The predicted octanol–water partition coefficient (Wildman–Crippen LogP) is 4.15. The van der Waals surface area contributed by atoms with Crippen LogP contribution in [0.15, 0.2) is 43.2 Å². The number of sulfone groups is 1. The number of nitrogens with one attached hydrogen (secondary N) is 2. The molecule has 39 heavy (non-hydrogen) atoms. The van der Waals surface area contributed by atoms with Crippen LogP contribution in [0.1, 0.15) is 36.5 Å². The summed E-state index contributed by atoms with van der Waals surface area (Å²) in [6.07, 6.45) is -3.04. The molecule has 0 saturated carbocycles. The molecule has 1 aliphatic rings. The van der Waals surface area contributed by atoms with Gasteiger partial charge in [0.25, 0.3) is 5.56 Å². The van der Waals surface area contributed by atoms with Crippen LogP contribution in [0.4, 0.5) is 13.2 Å². The highest BCUT2D eigenvalue weighted by molar-refractivity contribution is 9.10. The number of fused-ring (bicyclic) bond motifs is 1. The summed E-state index contributed by atoms with van der Waals surface area (Å²) in [6.45, 7) is 2.08. The molecule has 2 heterocycles. The Morgan fingerprint density at radius 1 is 1.21 bits per heavy atom. The summed E-state index contributed by atoms with van der Waals surface area (Å²) < 4.78 is 68.6. The standard InChI is InChI=1S/C25H27BrClF3N4O4S/c1-3-39(37,38)20-7-6-15(27)9-14(20)11-34-23(35)17-10-19(25(28,29)30)18(21(26)22(17)32-24(34)36)13-33-8-4-5-16(12-33)31-2/h6-7,9-10,16,31H,3-5,8,11-13H2,1-2H3,(H,32,36). The highest BCUT2D eigenvalue weighted by atomic mass is 79.9. The normalized spacial score (nSPS) is 17.2. The van der Waals surface area contributed by atoms with Gasteiger partial charge in [0, 0.05) is 28.6 Å². The van der Waals surface area contributed by atoms with Crippen molar-refractivity contribution in [3.05, 3.63) is 71.3 Å². The van der Waals surface area contributed by atoms with Crippen LogP contribution in [0.3, 0.4) is 0 Å². The van der Waals surface area contributed by atoms with Crippen molar-refractivity contribution in [2.45, 2.75) is 50.0 Å². The first kappa shape index (κ1) is 29.8. The van der Waals surface area contributed by atoms with Gasteiger partial charge in [0.15, 0.2) is 9.84 Å². The summed E-state index contributed by atoms with van der Waals surface area (Å²) in [5, 5.41) is 2.98. The van der Waals surface area contributed by atoms with Gasteiger partial charge in [0.1, 0.15) is 0 Å². The summed E-state index contributed by atoms with van der Waals surface area (Å²) >= 11 is 9.29. The average Bonchev–Trinajstić information content (AvgIpc) is 2.87. The maximum Gasteiger partial charge on any atom is 0.416 e. The maximum atomic E-state index is 14.3. The summed E-state index contributed by atoms with van der Waals surface area (Å²) in [7, 11) is -1.94. The van der Waals surface area contributed by atoms with Gasteiger partial charge in [-0.3, -0.25) is 14.3 Å². The number of halogens is 5. The van der Waals surface area contributed by atoms with Gasteiger partial charge in [0.2, 0.25) is 0 Å². The monoisotopic (exact) mass is 650 g/mol. The Balaban J connectivity index is 1.88. The lowest BCUT2D eigenvalue weighted by molar-refractivity contribution is -0.138. The number of aromatic amines is 1. The number of alkyl halides is 3. The van der Waals surface area contributed by atoms with Crippen LogP contribution >= 0.6 is 27.5 Å². The minimum atomic E-state index is -4.77. The highest BCUT2D eigenvalue weighted by Crippen LogP contribution is 2.39. The molecule has 1 fully saturated rings. The van der Waals surface area contributed by atoms with Crippen molar-refractivity contribution in [2.24, 2.45) is 0 Å². The molecule has 0 bridgehead atoms. The molecule has 0 amide bonds. The zero-order valence-corrected chi connectivity index (χ0v) is 24.3. The van der Waals surface area contributed by atoms with Crippen molar-refractivity contribution in [1.29, 1.82) is 0 Å². The van der Waals surface area contributed by atoms with Crippen LogP contribution in [-0.2, 0) is 29.1 Å². The number of nitrogens with zero attached hydrogens (tertiary/aromatic N) is 2. The predicted molar refractivity (Wildman–Crippen MR) is 147 cm³/mol. The minimum absolute atomic E-state index is 0.0164. The Hall–Kier alpha value is -2.19. The van der Waals surface area contributed by atoms with E-state index in [0.717, 1.165) is 18.9 Å². The number of likely N-dealkylation sites (N-methyl/N-ethyl adjacent to an activating group) is 1. The molecule has 1 aliphatic heterocycles. The zero-order chi connectivity index (χ0) is 28.7. The number of likely N-dealkylation sites (tertiary alicyclic amines) is 1. The largest absolute Gasteiger partial charge is 0.416 e. The summed E-state index contributed by atoms with van der Waals surface area (Å²) in [4.78, 5) is 30.8. The molecular formula is C25H27BrClF3N4O4S. The molecule has 0 spiro atoms. The molecule has 212 valence electrons. The van der Waals surface area contributed by atoms with Crippen molar-refractivity contribution < 1.29 is 21.6 Å². The number of hydrogen-bond donors (Lipinski definition) is 2. The van der Waals surface area contributed by atoms with Gasteiger partial charge >= 0.3 is 11.9 Å². The van der Waals surface area contributed by atoms with E-state index in [1.54, 1.807) is 7.05 Å². The molecule has 2 N–H and O–H groups in total. The van der Waals surface area contributed by atoms with E-state index in [4.69, 9.17) is 11.6 Å². The van der Waals surface area contributed by atoms with E-state index < -0.39 is 39.4 Å². The van der Waals surface area contributed by atoms with Crippen molar-refractivity contribution in [1.82, 2.24) is 19.8 Å². The second-order valence-electron chi connectivity index (χ2n) is 9.48. The molecular weight excluding hydrogens is 625 g/mol. The van der Waals surface area contributed by atoms with Gasteiger partial charge in [0.05, 0.1) is 33.7 Å². The van der Waals surface area contributed by atoms with E-state index in [1.165, 1.54) is 25.1 Å². The molecule has 1 unspecified atom stereocenters. The quantitative estimate of drug-likeness (QED) is 0.398. The van der Waals surface area contributed by atoms with Gasteiger partial charge < -0.3 is 10.3 Å². The molecule has 3 aromatic rings. The summed E-state index contributed by atoms with van der Waals surface area (Å²) in [6, 6.07) is 4.87. The topological polar surface area (TPSA) is 104 Å². The van der Waals surface area contributed by atoms with Gasteiger partial charge in [-0.25, -0.2) is 13.2 Å². The fourth-order valence-corrected chi connectivity index (χ4v) is 6.86. The fourth-order valence-electron chi connectivity index (χ4n) is 4.90. The van der Waals surface area contributed by atoms with Crippen LogP contribution < -0.4 is 16.6 Å². The molecule has 2 aromatic carbocycles. The van der Waals surface area contributed by atoms with Crippen molar-refractivity contribution in [2.75, 3.05) is 25.9 Å². The molecule has 1 saturated heterocycles. The molecule has 1 atom stereocenters. The Morgan fingerprint density at radius 2 is 1.92 bits per heavy atom. The van der Waals surface area contributed by atoms with Gasteiger partial charge in [-0.2, -0.15) is 13.2 Å². The molecule has 1 aromatic heterocycles. The maximum absolute atomic E-state index is 14.3. The van der Waals surface area contributed by atoms with Crippen LogP contribution in [-0.4, -0.2) is 54.8 Å². The van der Waals surface area contributed by atoms with E-state index in [-0.39, 0.29) is 54.8 Å². The van der Waals surface area contributed by atoms with Crippen LogP contribution in [0, 0.1) is 0 Å². The molecule has 8 nitrogen and oxygen atoms in total. The Kier molecular flexibility index (Phi) is 8.67. The van der Waals surface area contributed by atoms with Crippen molar-refractivity contribution >= 4 is 48.3 Å². The van der Waals surface area contributed by atoms with Crippen LogP contribution in [0.5, 0.6) is 0 Å². The van der Waals surface area contributed by atoms with Crippen LogP contribution in [0.2, 0.25) is 5.02 Å².